The average molecular weight is 258 g/mol. The van der Waals surface area contributed by atoms with E-state index in [2.05, 4.69) is 0 Å². The summed E-state index contributed by atoms with van der Waals surface area (Å²) in [5.41, 5.74) is 5.14. The zero-order valence-corrected chi connectivity index (χ0v) is 10.7. The van der Waals surface area contributed by atoms with Gasteiger partial charge in [0.25, 0.3) is 0 Å². The van der Waals surface area contributed by atoms with Gasteiger partial charge >= 0.3 is 5.97 Å². The Kier molecular flexibility index (Phi) is 4.78. The highest BCUT2D eigenvalue weighted by Gasteiger charge is 2.14. The molecule has 0 bridgehead atoms. The number of rotatable bonds is 5. The fourth-order valence-corrected chi connectivity index (χ4v) is 1.11. The van der Waals surface area contributed by atoms with Crippen LogP contribution in [-0.4, -0.2) is 24.7 Å². The quantitative estimate of drug-likeness (QED) is 0.820. The molecule has 0 heterocycles. The lowest BCUT2D eigenvalue weighted by Gasteiger charge is -2.17. The topological polar surface area (TPSA) is 61.5 Å². The van der Waals surface area contributed by atoms with Gasteiger partial charge in [-0.2, -0.15) is 0 Å². The molecule has 4 nitrogen and oxygen atoms in total. The van der Waals surface area contributed by atoms with Gasteiger partial charge in [-0.3, -0.25) is 0 Å². The molecule has 1 aromatic carbocycles. The predicted octanol–water partition coefficient (Wildman–Crippen LogP) is 2.00. The largest absolute Gasteiger partial charge is 0.482 e. The van der Waals surface area contributed by atoms with Crippen LogP contribution in [0.1, 0.15) is 13.8 Å². The molecule has 0 amide bonds. The molecule has 0 aliphatic rings. The van der Waals surface area contributed by atoms with Crippen molar-refractivity contribution in [1.29, 1.82) is 0 Å². The van der Waals surface area contributed by atoms with Crippen molar-refractivity contribution in [3.8, 4) is 5.75 Å². The van der Waals surface area contributed by atoms with Crippen LogP contribution in [0.25, 0.3) is 0 Å². The van der Waals surface area contributed by atoms with Crippen molar-refractivity contribution in [2.24, 2.45) is 5.73 Å². The van der Waals surface area contributed by atoms with Crippen LogP contribution in [0, 0.1) is 0 Å². The number of carbonyl (C=O) groups excluding carboxylic acids is 1. The molecule has 0 aromatic heterocycles. The molecule has 0 atom stereocenters. The Balaban J connectivity index is 2.31. The minimum absolute atomic E-state index is 0.141. The maximum Gasteiger partial charge on any atom is 0.344 e. The minimum atomic E-state index is -0.532. The summed E-state index contributed by atoms with van der Waals surface area (Å²) in [5.74, 6) is 0.122. The smallest absolute Gasteiger partial charge is 0.344 e. The summed E-state index contributed by atoms with van der Waals surface area (Å²) in [5, 5.41) is 0.616. The Labute approximate surface area is 106 Å². The van der Waals surface area contributed by atoms with E-state index in [4.69, 9.17) is 26.8 Å². The average Bonchev–Trinajstić information content (AvgIpc) is 2.25. The van der Waals surface area contributed by atoms with Crippen LogP contribution in [0.4, 0.5) is 0 Å². The molecule has 0 fully saturated rings. The van der Waals surface area contributed by atoms with E-state index < -0.39 is 11.5 Å². The van der Waals surface area contributed by atoms with Gasteiger partial charge in [0.05, 0.1) is 0 Å². The van der Waals surface area contributed by atoms with Gasteiger partial charge in [0.15, 0.2) is 6.61 Å². The second kappa shape index (κ2) is 5.89. The van der Waals surface area contributed by atoms with E-state index in [1.54, 1.807) is 38.1 Å². The van der Waals surface area contributed by atoms with Crippen molar-refractivity contribution in [2.75, 3.05) is 13.2 Å². The van der Waals surface area contributed by atoms with Crippen LogP contribution in [0.3, 0.4) is 0 Å². The van der Waals surface area contributed by atoms with Crippen molar-refractivity contribution < 1.29 is 14.3 Å². The molecule has 0 unspecified atom stereocenters. The summed E-state index contributed by atoms with van der Waals surface area (Å²) in [4.78, 5) is 11.3. The summed E-state index contributed by atoms with van der Waals surface area (Å²) in [6, 6.07) is 6.74. The third-order valence-corrected chi connectivity index (χ3v) is 2.03. The lowest BCUT2D eigenvalue weighted by atomic mass is 10.1. The Morgan fingerprint density at radius 1 is 1.35 bits per heavy atom. The molecule has 17 heavy (non-hydrogen) atoms. The second-order valence-electron chi connectivity index (χ2n) is 4.39. The first-order valence-electron chi connectivity index (χ1n) is 5.20. The van der Waals surface area contributed by atoms with Gasteiger partial charge in [-0.15, -0.1) is 0 Å². The van der Waals surface area contributed by atoms with E-state index in [1.165, 1.54) is 0 Å². The van der Waals surface area contributed by atoms with Crippen LogP contribution < -0.4 is 10.5 Å². The number of ether oxygens (including phenoxy) is 2. The lowest BCUT2D eigenvalue weighted by molar-refractivity contribution is -0.147. The van der Waals surface area contributed by atoms with Crippen molar-refractivity contribution in [3.05, 3.63) is 29.3 Å². The van der Waals surface area contributed by atoms with Crippen LogP contribution in [0.5, 0.6) is 5.75 Å². The number of benzene rings is 1. The molecule has 94 valence electrons. The van der Waals surface area contributed by atoms with Gasteiger partial charge in [0.2, 0.25) is 0 Å². The Morgan fingerprint density at radius 2 is 1.94 bits per heavy atom. The summed E-state index contributed by atoms with van der Waals surface area (Å²) < 4.78 is 10.2. The molecule has 0 radical (unpaired) electrons. The van der Waals surface area contributed by atoms with Crippen LogP contribution in [0.2, 0.25) is 5.02 Å². The molecule has 1 rings (SSSR count). The van der Waals surface area contributed by atoms with Gasteiger partial charge in [-0.05, 0) is 38.1 Å². The first kappa shape index (κ1) is 13.8. The summed E-state index contributed by atoms with van der Waals surface area (Å²) in [7, 11) is 0. The van der Waals surface area contributed by atoms with Gasteiger partial charge in [-0.1, -0.05) is 11.6 Å². The van der Waals surface area contributed by atoms with E-state index in [9.17, 15) is 4.79 Å². The zero-order valence-electron chi connectivity index (χ0n) is 9.90. The molecule has 0 saturated carbocycles. The number of nitrogens with two attached hydrogens (primary N) is 1. The van der Waals surface area contributed by atoms with Crippen molar-refractivity contribution >= 4 is 17.6 Å². The summed E-state index contributed by atoms with van der Waals surface area (Å²) in [6.07, 6.45) is 0. The molecule has 0 spiro atoms. The summed E-state index contributed by atoms with van der Waals surface area (Å²) in [6.45, 7) is 3.58. The molecule has 0 saturated heterocycles. The van der Waals surface area contributed by atoms with Crippen molar-refractivity contribution in [3.63, 3.8) is 0 Å². The monoisotopic (exact) mass is 257 g/mol. The highest BCUT2D eigenvalue weighted by atomic mass is 35.5. The maximum absolute atomic E-state index is 11.3. The highest BCUT2D eigenvalue weighted by Crippen LogP contribution is 2.15. The number of esters is 1. The van der Waals surface area contributed by atoms with Gasteiger partial charge in [0.1, 0.15) is 12.4 Å². The normalized spacial score (nSPS) is 11.1. The first-order chi connectivity index (χ1) is 7.87. The molecule has 5 heteroatoms. The number of hydrogen-bond acceptors (Lipinski definition) is 4. The second-order valence-corrected chi connectivity index (χ2v) is 4.83. The Hall–Kier alpha value is -1.26. The van der Waals surface area contributed by atoms with Gasteiger partial charge < -0.3 is 15.2 Å². The van der Waals surface area contributed by atoms with Crippen LogP contribution >= 0.6 is 11.6 Å². The molecular formula is C12H16ClNO3. The van der Waals surface area contributed by atoms with Gasteiger partial charge in [-0.25, -0.2) is 4.79 Å². The first-order valence-corrected chi connectivity index (χ1v) is 5.57. The van der Waals surface area contributed by atoms with E-state index >= 15 is 0 Å². The van der Waals surface area contributed by atoms with Crippen LogP contribution in [-0.2, 0) is 9.53 Å². The summed E-state index contributed by atoms with van der Waals surface area (Å²) >= 11 is 5.71. The minimum Gasteiger partial charge on any atom is -0.482 e. The SMILES string of the molecule is CC(C)(N)COC(=O)COc1ccc(Cl)cc1. The van der Waals surface area contributed by atoms with Crippen LogP contribution in [0.15, 0.2) is 24.3 Å². The fourth-order valence-electron chi connectivity index (χ4n) is 0.981. The molecular weight excluding hydrogens is 242 g/mol. The zero-order chi connectivity index (χ0) is 12.9. The van der Waals surface area contributed by atoms with E-state index in [1.807, 2.05) is 0 Å². The Bertz CT molecular complexity index is 370. The van der Waals surface area contributed by atoms with Crippen molar-refractivity contribution in [1.82, 2.24) is 0 Å². The highest BCUT2D eigenvalue weighted by molar-refractivity contribution is 6.30. The van der Waals surface area contributed by atoms with E-state index in [0.717, 1.165) is 0 Å². The standard InChI is InChI=1S/C12H16ClNO3/c1-12(2,14)8-17-11(15)7-16-10-5-3-9(13)4-6-10/h3-6H,7-8,14H2,1-2H3. The van der Waals surface area contributed by atoms with E-state index in [0.29, 0.717) is 10.8 Å². The third-order valence-electron chi connectivity index (χ3n) is 1.78. The fraction of sp³-hybridized carbons (Fsp3) is 0.417. The van der Waals surface area contributed by atoms with Crippen molar-refractivity contribution in [2.45, 2.75) is 19.4 Å². The number of halogens is 1. The maximum atomic E-state index is 11.3. The molecule has 0 aliphatic carbocycles. The molecule has 0 aliphatic heterocycles. The third kappa shape index (κ3) is 6.14. The lowest BCUT2D eigenvalue weighted by Crippen LogP contribution is -2.38. The number of carbonyl (C=O) groups is 1. The number of hydrogen-bond donors (Lipinski definition) is 1. The van der Waals surface area contributed by atoms with Gasteiger partial charge in [0, 0.05) is 10.6 Å². The van der Waals surface area contributed by atoms with E-state index in [-0.39, 0.29) is 13.2 Å². The Morgan fingerprint density at radius 3 is 2.47 bits per heavy atom. The predicted molar refractivity (Wildman–Crippen MR) is 66.2 cm³/mol. The molecule has 2 N–H and O–H groups in total. The molecule has 1 aromatic rings.